The zero-order valence-electron chi connectivity index (χ0n) is 14.2. The zero-order valence-corrected chi connectivity index (χ0v) is 14.2. The number of ether oxygens (including phenoxy) is 2. The van der Waals surface area contributed by atoms with Crippen LogP contribution in [0.1, 0.15) is 25.0 Å². The van der Waals surface area contributed by atoms with Crippen molar-refractivity contribution in [1.29, 1.82) is 5.26 Å². The van der Waals surface area contributed by atoms with Gasteiger partial charge in [-0.15, -0.1) is 0 Å². The van der Waals surface area contributed by atoms with Crippen LogP contribution in [-0.2, 0) is 10.2 Å². The van der Waals surface area contributed by atoms with E-state index >= 15 is 0 Å². The number of carbonyl (C=O) groups excluding carboxylic acids is 1. The summed E-state index contributed by atoms with van der Waals surface area (Å²) in [6, 6.07) is 14.3. The molecule has 0 aliphatic rings. The first-order valence-corrected chi connectivity index (χ1v) is 7.46. The molecule has 0 heterocycles. The highest BCUT2D eigenvalue weighted by atomic mass is 16.5. The molecule has 0 atom stereocenters. The lowest BCUT2D eigenvalue weighted by Gasteiger charge is -2.25. The molecule has 2 rings (SSSR count). The topological polar surface area (TPSA) is 71.3 Å². The van der Waals surface area contributed by atoms with Gasteiger partial charge in [0.05, 0.1) is 31.3 Å². The van der Waals surface area contributed by atoms with E-state index in [0.717, 1.165) is 5.56 Å². The van der Waals surface area contributed by atoms with Gasteiger partial charge >= 0.3 is 0 Å². The molecule has 0 saturated heterocycles. The third kappa shape index (κ3) is 3.49. The Morgan fingerprint density at radius 1 is 1.08 bits per heavy atom. The minimum Gasteiger partial charge on any atom is -0.493 e. The van der Waals surface area contributed by atoms with Crippen molar-refractivity contribution in [2.45, 2.75) is 19.3 Å². The number of nitriles is 1. The molecule has 0 spiro atoms. The fourth-order valence-corrected chi connectivity index (χ4v) is 2.31. The van der Waals surface area contributed by atoms with Gasteiger partial charge in [-0.1, -0.05) is 12.1 Å². The smallest absolute Gasteiger partial charge is 0.234 e. The Morgan fingerprint density at radius 2 is 1.79 bits per heavy atom. The van der Waals surface area contributed by atoms with Gasteiger partial charge in [-0.3, -0.25) is 4.79 Å². The molecule has 1 N–H and O–H groups in total. The van der Waals surface area contributed by atoms with Crippen LogP contribution in [0.4, 0.5) is 5.69 Å². The van der Waals surface area contributed by atoms with E-state index < -0.39 is 5.41 Å². The van der Waals surface area contributed by atoms with Crippen molar-refractivity contribution in [3.05, 3.63) is 53.6 Å². The maximum atomic E-state index is 12.7. The minimum absolute atomic E-state index is 0.176. The Labute approximate surface area is 141 Å². The van der Waals surface area contributed by atoms with Gasteiger partial charge in [0.25, 0.3) is 0 Å². The van der Waals surface area contributed by atoms with Gasteiger partial charge in [-0.2, -0.15) is 5.26 Å². The number of carbonyl (C=O) groups is 1. The molecule has 0 aromatic heterocycles. The number of hydrogen-bond acceptors (Lipinski definition) is 4. The standard InChI is InChI=1S/C19H20N2O3/c1-19(2,14-8-9-16(23-3)17(11-14)24-4)18(22)21-15-7-5-6-13(10-15)12-20/h5-11H,1-4H3,(H,21,22). The molecule has 0 bridgehead atoms. The molecule has 5 nitrogen and oxygen atoms in total. The molecule has 0 aliphatic heterocycles. The molecule has 5 heteroatoms. The highest BCUT2D eigenvalue weighted by Gasteiger charge is 2.30. The largest absolute Gasteiger partial charge is 0.493 e. The van der Waals surface area contributed by atoms with Gasteiger partial charge < -0.3 is 14.8 Å². The van der Waals surface area contributed by atoms with Gasteiger partial charge in [-0.25, -0.2) is 0 Å². The molecule has 1 amide bonds. The maximum Gasteiger partial charge on any atom is 0.234 e. The second kappa shape index (κ2) is 7.05. The summed E-state index contributed by atoms with van der Waals surface area (Å²) in [5.74, 6) is 1.01. The van der Waals surface area contributed by atoms with Crippen LogP contribution in [0.15, 0.2) is 42.5 Å². The molecule has 2 aromatic rings. The quantitative estimate of drug-likeness (QED) is 0.914. The normalized spacial score (nSPS) is 10.6. The Bertz CT molecular complexity index is 791. The SMILES string of the molecule is COc1ccc(C(C)(C)C(=O)Nc2cccc(C#N)c2)cc1OC. The van der Waals surface area contributed by atoms with Gasteiger partial charge in [-0.05, 0) is 49.7 Å². The van der Waals surface area contributed by atoms with Crippen LogP contribution in [0.25, 0.3) is 0 Å². The van der Waals surface area contributed by atoms with Gasteiger partial charge in [0.1, 0.15) is 0 Å². The first kappa shape index (κ1) is 17.4. The first-order chi connectivity index (χ1) is 11.4. The van der Waals surface area contributed by atoms with Gasteiger partial charge in [0, 0.05) is 5.69 Å². The minimum atomic E-state index is -0.789. The lowest BCUT2D eigenvalue weighted by atomic mass is 9.83. The summed E-state index contributed by atoms with van der Waals surface area (Å²) >= 11 is 0. The summed E-state index contributed by atoms with van der Waals surface area (Å²) in [7, 11) is 3.12. The third-order valence-corrected chi connectivity index (χ3v) is 3.92. The van der Waals surface area contributed by atoms with Crippen molar-refractivity contribution in [2.24, 2.45) is 0 Å². The van der Waals surface area contributed by atoms with E-state index in [1.807, 2.05) is 19.9 Å². The second-order valence-corrected chi connectivity index (χ2v) is 5.84. The Morgan fingerprint density at radius 3 is 2.42 bits per heavy atom. The lowest BCUT2D eigenvalue weighted by molar-refractivity contribution is -0.120. The van der Waals surface area contributed by atoms with Gasteiger partial charge in [0.2, 0.25) is 5.91 Å². The van der Waals surface area contributed by atoms with Crippen LogP contribution in [0.3, 0.4) is 0 Å². The number of rotatable bonds is 5. The molecular weight excluding hydrogens is 304 g/mol. The van der Waals surface area contributed by atoms with E-state index in [0.29, 0.717) is 22.7 Å². The Balaban J connectivity index is 2.28. The highest BCUT2D eigenvalue weighted by Crippen LogP contribution is 2.33. The fourth-order valence-electron chi connectivity index (χ4n) is 2.31. The molecule has 0 saturated carbocycles. The van der Waals surface area contributed by atoms with Crippen LogP contribution in [0.2, 0.25) is 0 Å². The average Bonchev–Trinajstić information content (AvgIpc) is 2.61. The number of anilines is 1. The van der Waals surface area contributed by atoms with Crippen molar-refractivity contribution in [3.8, 4) is 17.6 Å². The molecule has 2 aromatic carbocycles. The number of methoxy groups -OCH3 is 2. The molecule has 0 radical (unpaired) electrons. The Hall–Kier alpha value is -3.00. The third-order valence-electron chi connectivity index (χ3n) is 3.92. The van der Waals surface area contributed by atoms with E-state index in [1.165, 1.54) is 0 Å². The van der Waals surface area contributed by atoms with Crippen LogP contribution >= 0.6 is 0 Å². The molecule has 24 heavy (non-hydrogen) atoms. The lowest BCUT2D eigenvalue weighted by Crippen LogP contribution is -2.34. The first-order valence-electron chi connectivity index (χ1n) is 7.46. The van der Waals surface area contributed by atoms with Crippen LogP contribution in [0.5, 0.6) is 11.5 Å². The molecule has 0 fully saturated rings. The summed E-state index contributed by atoms with van der Waals surface area (Å²) in [5.41, 5.74) is 1.10. The summed E-state index contributed by atoms with van der Waals surface area (Å²) in [6.45, 7) is 3.66. The summed E-state index contributed by atoms with van der Waals surface area (Å²) in [6.07, 6.45) is 0. The van der Waals surface area contributed by atoms with Gasteiger partial charge in [0.15, 0.2) is 11.5 Å². The molecule has 0 aliphatic carbocycles. The number of benzene rings is 2. The van der Waals surface area contributed by atoms with Crippen LogP contribution < -0.4 is 14.8 Å². The molecular formula is C19H20N2O3. The number of hydrogen-bond donors (Lipinski definition) is 1. The fraction of sp³-hybridized carbons (Fsp3) is 0.263. The Kier molecular flexibility index (Phi) is 5.10. The monoisotopic (exact) mass is 324 g/mol. The van der Waals surface area contributed by atoms with Crippen molar-refractivity contribution in [2.75, 3.05) is 19.5 Å². The van der Waals surface area contributed by atoms with Crippen molar-refractivity contribution < 1.29 is 14.3 Å². The van der Waals surface area contributed by atoms with E-state index in [2.05, 4.69) is 11.4 Å². The summed E-state index contributed by atoms with van der Waals surface area (Å²) in [5, 5.41) is 11.8. The molecule has 0 unspecified atom stereocenters. The highest BCUT2D eigenvalue weighted by molar-refractivity contribution is 5.98. The van der Waals surface area contributed by atoms with Crippen LogP contribution in [-0.4, -0.2) is 20.1 Å². The molecule has 124 valence electrons. The van der Waals surface area contributed by atoms with E-state index in [9.17, 15) is 4.79 Å². The van der Waals surface area contributed by atoms with Crippen molar-refractivity contribution in [1.82, 2.24) is 0 Å². The number of amides is 1. The second-order valence-electron chi connectivity index (χ2n) is 5.84. The van der Waals surface area contributed by atoms with Crippen molar-refractivity contribution in [3.63, 3.8) is 0 Å². The van der Waals surface area contributed by atoms with E-state index in [-0.39, 0.29) is 5.91 Å². The summed E-state index contributed by atoms with van der Waals surface area (Å²) < 4.78 is 10.5. The predicted octanol–water partition coefficient (Wildman–Crippen LogP) is 3.49. The zero-order chi connectivity index (χ0) is 17.7. The van der Waals surface area contributed by atoms with E-state index in [1.54, 1.807) is 50.6 Å². The number of nitrogens with zero attached hydrogens (tertiary/aromatic N) is 1. The average molecular weight is 324 g/mol. The van der Waals surface area contributed by atoms with Crippen molar-refractivity contribution >= 4 is 11.6 Å². The predicted molar refractivity (Wildman–Crippen MR) is 92.4 cm³/mol. The van der Waals surface area contributed by atoms with Crippen LogP contribution in [0, 0.1) is 11.3 Å². The summed E-state index contributed by atoms with van der Waals surface area (Å²) in [4.78, 5) is 12.7. The number of nitrogens with one attached hydrogen (secondary N) is 1. The van der Waals surface area contributed by atoms with E-state index in [4.69, 9.17) is 14.7 Å². The maximum absolute atomic E-state index is 12.7.